The third kappa shape index (κ3) is 17.0. The molecule has 292 valence electrons. The summed E-state index contributed by atoms with van der Waals surface area (Å²) in [7, 11) is 0. The minimum absolute atomic E-state index is 0.0310. The lowest BCUT2D eigenvalue weighted by molar-refractivity contribution is -0.142. The molecular weight excluding hydrogens is 680 g/mol. The van der Waals surface area contributed by atoms with Gasteiger partial charge in [0, 0.05) is 12.8 Å². The smallest absolute Gasteiger partial charge is 0.326 e. The number of amides is 5. The Balaban J connectivity index is 3.24. The lowest BCUT2D eigenvalue weighted by Crippen LogP contribution is -2.60. The molecule has 0 aromatic heterocycles. The molecule has 0 spiro atoms. The fourth-order valence-electron chi connectivity index (χ4n) is 5.07. The van der Waals surface area contributed by atoms with Gasteiger partial charge in [-0.3, -0.25) is 28.8 Å². The molecule has 0 aliphatic carbocycles. The van der Waals surface area contributed by atoms with Gasteiger partial charge >= 0.3 is 11.9 Å². The van der Waals surface area contributed by atoms with E-state index in [9.17, 15) is 48.9 Å². The molecule has 52 heavy (non-hydrogen) atoms. The van der Waals surface area contributed by atoms with Crippen LogP contribution in [0.3, 0.4) is 0 Å². The number of hydrogen-bond acceptors (Lipinski definition) is 11. The Morgan fingerprint density at radius 1 is 0.635 bits per heavy atom. The highest BCUT2D eigenvalue weighted by molar-refractivity contribution is 5.96. The Morgan fingerprint density at radius 3 is 1.56 bits per heavy atom. The molecule has 18 heteroatoms. The summed E-state index contributed by atoms with van der Waals surface area (Å²) in [5.41, 5.74) is 17.4. The predicted octanol–water partition coefficient (Wildman–Crippen LogP) is -2.16. The van der Waals surface area contributed by atoms with Crippen molar-refractivity contribution < 1.29 is 48.9 Å². The number of carbonyl (C=O) groups is 7. The number of unbranched alkanes of at least 4 members (excludes halogenated alkanes) is 2. The summed E-state index contributed by atoms with van der Waals surface area (Å²) >= 11 is 0. The highest BCUT2D eigenvalue weighted by atomic mass is 16.4. The van der Waals surface area contributed by atoms with E-state index in [-0.39, 0.29) is 25.7 Å². The zero-order chi connectivity index (χ0) is 39.2. The van der Waals surface area contributed by atoms with Crippen LogP contribution >= 0.6 is 0 Å². The average Bonchev–Trinajstić information content (AvgIpc) is 3.10. The molecule has 0 saturated carbocycles. The summed E-state index contributed by atoms with van der Waals surface area (Å²) in [5, 5.41) is 40.9. The van der Waals surface area contributed by atoms with Gasteiger partial charge in [-0.25, -0.2) is 4.79 Å². The van der Waals surface area contributed by atoms with Gasteiger partial charge in [-0.15, -0.1) is 0 Å². The van der Waals surface area contributed by atoms with Crippen LogP contribution in [0.4, 0.5) is 0 Å². The van der Waals surface area contributed by atoms with Crippen molar-refractivity contribution in [1.82, 2.24) is 26.6 Å². The summed E-state index contributed by atoms with van der Waals surface area (Å²) in [6.45, 7) is 3.19. The summed E-state index contributed by atoms with van der Waals surface area (Å²) in [6, 6.07) is 0.864. The van der Waals surface area contributed by atoms with Gasteiger partial charge in [0.15, 0.2) is 0 Å². The second-order valence-corrected chi connectivity index (χ2v) is 12.8. The number of rotatable bonds is 26. The fraction of sp³-hybridized carbons (Fsp3) is 0.618. The molecule has 14 N–H and O–H groups in total. The first kappa shape index (κ1) is 45.4. The first-order valence-corrected chi connectivity index (χ1v) is 17.4. The zero-order valence-electron chi connectivity index (χ0n) is 29.8. The molecule has 6 atom stereocenters. The zero-order valence-corrected chi connectivity index (χ0v) is 29.8. The topological polar surface area (TPSA) is 318 Å². The average molecular weight is 737 g/mol. The number of aliphatic hydroxyl groups is 1. The van der Waals surface area contributed by atoms with Crippen LogP contribution in [0.1, 0.15) is 70.8 Å². The maximum Gasteiger partial charge on any atom is 0.326 e. The van der Waals surface area contributed by atoms with Crippen molar-refractivity contribution >= 4 is 41.5 Å². The molecule has 18 nitrogen and oxygen atoms in total. The van der Waals surface area contributed by atoms with Crippen LogP contribution in [0.2, 0.25) is 0 Å². The van der Waals surface area contributed by atoms with Gasteiger partial charge in [-0.05, 0) is 69.5 Å². The van der Waals surface area contributed by atoms with E-state index in [1.807, 2.05) is 0 Å². The van der Waals surface area contributed by atoms with Gasteiger partial charge in [0.05, 0.1) is 6.61 Å². The number of nitrogens with two attached hydrogens (primary N) is 3. The van der Waals surface area contributed by atoms with E-state index >= 15 is 0 Å². The third-order valence-corrected chi connectivity index (χ3v) is 8.12. The van der Waals surface area contributed by atoms with E-state index in [1.54, 1.807) is 44.2 Å². The number of carboxylic acids is 2. The number of hydrogen-bond donors (Lipinski definition) is 11. The minimum Gasteiger partial charge on any atom is -0.481 e. The van der Waals surface area contributed by atoms with Crippen LogP contribution < -0.4 is 43.8 Å². The van der Waals surface area contributed by atoms with E-state index in [4.69, 9.17) is 17.2 Å². The molecule has 0 heterocycles. The van der Waals surface area contributed by atoms with Crippen LogP contribution in [0.5, 0.6) is 0 Å². The van der Waals surface area contributed by atoms with Crippen molar-refractivity contribution in [3.05, 3.63) is 35.9 Å². The maximum atomic E-state index is 13.6. The molecule has 0 aliphatic heterocycles. The lowest BCUT2D eigenvalue weighted by Gasteiger charge is -2.28. The van der Waals surface area contributed by atoms with Crippen molar-refractivity contribution in [2.24, 2.45) is 23.1 Å². The standard InChI is InChI=1S/C34H56N8O10/c1-20(2)28(42-32(49)24(13-7-9-17-36)38-29(46)22(37)19-43)33(50)40-25(14-15-27(44)45)31(48)39-23(12-6-8-16-35)30(47)41-26(34(51)52)18-21-10-4-3-5-11-21/h3-5,10-11,20,22-26,28,43H,6-9,12-19,35-37H2,1-2H3,(H,38,46)(H,39,48)(H,40,50)(H,41,47)(H,42,49)(H,44,45)(H,51,52)/t22-,23-,24-,25-,26-,28-/m0/s1. The van der Waals surface area contributed by atoms with E-state index in [0.717, 1.165) is 0 Å². The van der Waals surface area contributed by atoms with E-state index in [2.05, 4.69) is 26.6 Å². The van der Waals surface area contributed by atoms with Crippen molar-refractivity contribution in [3.63, 3.8) is 0 Å². The number of aliphatic hydroxyl groups excluding tert-OH is 1. The highest BCUT2D eigenvalue weighted by Crippen LogP contribution is 2.10. The molecule has 0 radical (unpaired) electrons. The second kappa shape index (κ2) is 24.5. The Morgan fingerprint density at radius 2 is 1.10 bits per heavy atom. The number of carbonyl (C=O) groups excluding carboxylic acids is 5. The molecule has 1 rings (SSSR count). The summed E-state index contributed by atoms with van der Waals surface area (Å²) < 4.78 is 0. The third-order valence-electron chi connectivity index (χ3n) is 8.12. The monoisotopic (exact) mass is 736 g/mol. The van der Waals surface area contributed by atoms with Crippen LogP contribution in [-0.4, -0.2) is 113 Å². The predicted molar refractivity (Wildman–Crippen MR) is 190 cm³/mol. The minimum atomic E-state index is -1.48. The lowest BCUT2D eigenvalue weighted by atomic mass is 10.00. The number of carboxylic acid groups (broad SMARTS) is 2. The molecule has 0 fully saturated rings. The van der Waals surface area contributed by atoms with Crippen LogP contribution in [0.25, 0.3) is 0 Å². The van der Waals surface area contributed by atoms with Gasteiger partial charge in [-0.1, -0.05) is 44.2 Å². The number of aliphatic carboxylic acids is 2. The Kier molecular flexibility index (Phi) is 21.4. The van der Waals surface area contributed by atoms with Gasteiger partial charge in [0.25, 0.3) is 0 Å². The maximum absolute atomic E-state index is 13.6. The van der Waals surface area contributed by atoms with E-state index in [0.29, 0.717) is 44.3 Å². The normalized spacial score (nSPS) is 14.5. The molecule has 1 aromatic rings. The molecular formula is C34H56N8O10. The van der Waals surface area contributed by atoms with E-state index in [1.165, 1.54) is 0 Å². The van der Waals surface area contributed by atoms with Crippen molar-refractivity contribution in [2.45, 2.75) is 108 Å². The molecule has 0 bridgehead atoms. The second-order valence-electron chi connectivity index (χ2n) is 12.8. The summed E-state index contributed by atoms with van der Waals surface area (Å²) in [6.07, 6.45) is 1.10. The van der Waals surface area contributed by atoms with Crippen molar-refractivity contribution in [2.75, 3.05) is 19.7 Å². The molecule has 5 amide bonds. The fourth-order valence-corrected chi connectivity index (χ4v) is 5.07. The SMILES string of the molecule is CC(C)[C@H](NC(=O)[C@H](CCCCN)NC(=O)[C@@H](N)CO)C(=O)N[C@@H](CCC(=O)O)C(=O)N[C@@H](CCCCN)C(=O)N[C@@H](Cc1ccccc1)C(=O)O. The first-order valence-electron chi connectivity index (χ1n) is 17.4. The summed E-state index contributed by atoms with van der Waals surface area (Å²) in [5.74, 6) is -7.19. The van der Waals surface area contributed by atoms with Crippen LogP contribution in [0, 0.1) is 5.92 Å². The van der Waals surface area contributed by atoms with Crippen LogP contribution in [-0.2, 0) is 40.0 Å². The van der Waals surface area contributed by atoms with Gasteiger partial charge < -0.3 is 59.1 Å². The van der Waals surface area contributed by atoms with Gasteiger partial charge in [0.1, 0.15) is 36.3 Å². The Labute approximate surface area is 303 Å². The largest absolute Gasteiger partial charge is 0.481 e. The van der Waals surface area contributed by atoms with Crippen molar-refractivity contribution in [1.29, 1.82) is 0 Å². The van der Waals surface area contributed by atoms with Crippen LogP contribution in [0.15, 0.2) is 30.3 Å². The Hall–Kier alpha value is -4.65. The first-order chi connectivity index (χ1) is 24.6. The summed E-state index contributed by atoms with van der Waals surface area (Å²) in [4.78, 5) is 89.8. The van der Waals surface area contributed by atoms with E-state index < -0.39 is 96.7 Å². The van der Waals surface area contributed by atoms with Gasteiger partial charge in [-0.2, -0.15) is 0 Å². The number of nitrogens with one attached hydrogen (secondary N) is 5. The highest BCUT2D eigenvalue weighted by Gasteiger charge is 2.34. The quantitative estimate of drug-likeness (QED) is 0.0452. The molecule has 0 saturated heterocycles. The molecule has 0 unspecified atom stereocenters. The molecule has 0 aliphatic rings. The van der Waals surface area contributed by atoms with Crippen molar-refractivity contribution in [3.8, 4) is 0 Å². The Bertz CT molecular complexity index is 1320. The number of benzene rings is 1. The molecule has 1 aromatic carbocycles. The van der Waals surface area contributed by atoms with Gasteiger partial charge in [0.2, 0.25) is 29.5 Å².